The van der Waals surface area contributed by atoms with E-state index in [1.165, 1.54) is 5.56 Å². The fraction of sp³-hybridized carbons (Fsp3) is 0.684. The summed E-state index contributed by atoms with van der Waals surface area (Å²) in [5.74, 6) is 0. The smallest absolute Gasteiger partial charge is 0.264 e. The minimum absolute atomic E-state index is 0.0414. The van der Waals surface area contributed by atoms with Crippen molar-refractivity contribution in [3.8, 4) is 0 Å². The third-order valence-corrected chi connectivity index (χ3v) is 5.63. The molecular formula is C19H30N2O4S. The van der Waals surface area contributed by atoms with Gasteiger partial charge in [0.25, 0.3) is 10.1 Å². The van der Waals surface area contributed by atoms with Gasteiger partial charge >= 0.3 is 0 Å². The summed E-state index contributed by atoms with van der Waals surface area (Å²) < 4.78 is 28.5. The highest BCUT2D eigenvalue weighted by Gasteiger charge is 2.44. The second kappa shape index (κ2) is 7.56. The number of hydrogen-bond acceptors (Lipinski definition) is 6. The average Bonchev–Trinajstić information content (AvgIpc) is 3.13. The number of nitrogens with zero attached hydrogens (tertiary/aromatic N) is 2. The molecule has 2 heterocycles. The lowest BCUT2D eigenvalue weighted by Crippen LogP contribution is -2.42. The second-order valence-electron chi connectivity index (χ2n) is 8.35. The highest BCUT2D eigenvalue weighted by atomic mass is 32.2. The number of hydroxylamine groups is 2. The average molecular weight is 383 g/mol. The lowest BCUT2D eigenvalue weighted by atomic mass is 10.0. The van der Waals surface area contributed by atoms with E-state index in [1.807, 2.05) is 23.3 Å². The van der Waals surface area contributed by atoms with E-state index in [2.05, 4.69) is 37.8 Å². The van der Waals surface area contributed by atoms with Gasteiger partial charge < -0.3 is 0 Å². The van der Waals surface area contributed by atoms with Crippen molar-refractivity contribution in [2.45, 2.75) is 63.9 Å². The van der Waals surface area contributed by atoms with Crippen molar-refractivity contribution in [2.75, 3.05) is 19.3 Å². The van der Waals surface area contributed by atoms with Crippen LogP contribution in [0, 0.1) is 0 Å². The minimum Gasteiger partial charge on any atom is -0.293 e. The lowest BCUT2D eigenvalue weighted by Gasteiger charge is -2.33. The summed E-state index contributed by atoms with van der Waals surface area (Å²) in [6.07, 6.45) is 2.48. The van der Waals surface area contributed by atoms with E-state index in [9.17, 15) is 8.42 Å². The minimum atomic E-state index is -3.46. The normalized spacial score (nSPS) is 28.7. The first-order valence-electron chi connectivity index (χ1n) is 9.22. The van der Waals surface area contributed by atoms with Gasteiger partial charge in [0.15, 0.2) is 0 Å². The van der Waals surface area contributed by atoms with Gasteiger partial charge in [-0.15, -0.1) is 0 Å². The topological polar surface area (TPSA) is 59.1 Å². The molecule has 2 aliphatic rings. The molecule has 0 aromatic heterocycles. The zero-order valence-corrected chi connectivity index (χ0v) is 16.9. The molecule has 6 nitrogen and oxygen atoms in total. The first-order chi connectivity index (χ1) is 12.1. The van der Waals surface area contributed by atoms with Crippen molar-refractivity contribution >= 4 is 10.1 Å². The van der Waals surface area contributed by atoms with Crippen molar-refractivity contribution in [3.05, 3.63) is 35.9 Å². The zero-order valence-electron chi connectivity index (χ0n) is 16.1. The van der Waals surface area contributed by atoms with Crippen molar-refractivity contribution in [1.82, 2.24) is 9.96 Å². The number of hydrogen-bond donors (Lipinski definition) is 0. The van der Waals surface area contributed by atoms with Crippen LogP contribution in [0.15, 0.2) is 30.3 Å². The van der Waals surface area contributed by atoms with Gasteiger partial charge in [0.05, 0.1) is 18.5 Å². The van der Waals surface area contributed by atoms with Crippen molar-refractivity contribution in [2.24, 2.45) is 0 Å². The highest BCUT2D eigenvalue weighted by molar-refractivity contribution is 7.86. The van der Waals surface area contributed by atoms with E-state index in [4.69, 9.17) is 9.02 Å². The van der Waals surface area contributed by atoms with Crippen LogP contribution in [-0.2, 0) is 25.7 Å². The lowest BCUT2D eigenvalue weighted by molar-refractivity contribution is -0.205. The molecule has 0 radical (unpaired) electrons. The quantitative estimate of drug-likeness (QED) is 0.729. The van der Waals surface area contributed by atoms with Gasteiger partial charge in [-0.3, -0.25) is 13.9 Å². The first kappa shape index (κ1) is 19.8. The summed E-state index contributed by atoms with van der Waals surface area (Å²) in [5, 5.41) is 2.04. The molecule has 0 saturated carbocycles. The summed E-state index contributed by atoms with van der Waals surface area (Å²) >= 11 is 0. The molecule has 2 aliphatic heterocycles. The molecule has 7 heteroatoms. The Kier molecular flexibility index (Phi) is 5.75. The van der Waals surface area contributed by atoms with E-state index in [1.54, 1.807) is 0 Å². The maximum atomic E-state index is 11.6. The third-order valence-electron chi connectivity index (χ3n) is 5.01. The zero-order chi connectivity index (χ0) is 18.9. The molecule has 0 amide bonds. The third kappa shape index (κ3) is 5.04. The Morgan fingerprint density at radius 3 is 2.50 bits per heavy atom. The monoisotopic (exact) mass is 382 g/mol. The van der Waals surface area contributed by atoms with E-state index in [-0.39, 0.29) is 23.8 Å². The fourth-order valence-electron chi connectivity index (χ4n) is 3.86. The summed E-state index contributed by atoms with van der Waals surface area (Å²) in [6.45, 7) is 8.68. The number of likely N-dealkylation sites (tertiary alicyclic amines) is 1. The first-order valence-corrected chi connectivity index (χ1v) is 11.0. The van der Waals surface area contributed by atoms with Gasteiger partial charge in [0.2, 0.25) is 0 Å². The molecular weight excluding hydrogens is 352 g/mol. The largest absolute Gasteiger partial charge is 0.293 e. The molecule has 2 saturated heterocycles. The Hall–Kier alpha value is -0.990. The van der Waals surface area contributed by atoms with Crippen molar-refractivity contribution in [3.63, 3.8) is 0 Å². The predicted octanol–water partition coefficient (Wildman–Crippen LogP) is 2.41. The van der Waals surface area contributed by atoms with E-state index in [0.717, 1.165) is 25.8 Å². The van der Waals surface area contributed by atoms with Crippen LogP contribution >= 0.6 is 0 Å². The molecule has 1 aromatic carbocycles. The summed E-state index contributed by atoms with van der Waals surface area (Å²) in [5.41, 5.74) is 1.17. The molecule has 0 bridgehead atoms. The predicted molar refractivity (Wildman–Crippen MR) is 101 cm³/mol. The standard InChI is InChI=1S/C19H30N2O4S/c1-19(2,3)21-11-10-18(24-21)17-12-16(25-26(4,22)23)14-20(17)13-15-8-6-5-7-9-15/h5-9,16-18H,10-14H2,1-4H3/t16-,17+,18-/m1/s1. The van der Waals surface area contributed by atoms with Crippen LogP contribution in [0.25, 0.3) is 0 Å². The summed E-state index contributed by atoms with van der Waals surface area (Å²) in [4.78, 5) is 8.55. The van der Waals surface area contributed by atoms with Gasteiger partial charge in [-0.25, -0.2) is 0 Å². The molecule has 0 aliphatic carbocycles. The van der Waals surface area contributed by atoms with Crippen molar-refractivity contribution in [1.29, 1.82) is 0 Å². The van der Waals surface area contributed by atoms with Gasteiger partial charge in [0, 0.05) is 31.2 Å². The van der Waals surface area contributed by atoms with E-state index < -0.39 is 10.1 Å². The molecule has 3 atom stereocenters. The maximum Gasteiger partial charge on any atom is 0.264 e. The van der Waals surface area contributed by atoms with Gasteiger partial charge in [0.1, 0.15) is 0 Å². The molecule has 1 aromatic rings. The Labute approximate surface area is 157 Å². The molecule has 0 spiro atoms. The van der Waals surface area contributed by atoms with Gasteiger partial charge in [-0.2, -0.15) is 13.5 Å². The number of benzene rings is 1. The highest BCUT2D eigenvalue weighted by Crippen LogP contribution is 2.33. The van der Waals surface area contributed by atoms with Crippen LogP contribution < -0.4 is 0 Å². The SMILES string of the molecule is CC(C)(C)N1CC[C@H]([C@@H]2C[C@@H](OS(C)(=O)=O)CN2Cc2ccccc2)O1. The van der Waals surface area contributed by atoms with Crippen LogP contribution in [-0.4, -0.2) is 61.5 Å². The van der Waals surface area contributed by atoms with Crippen LogP contribution in [0.4, 0.5) is 0 Å². The Balaban J connectivity index is 1.73. The Morgan fingerprint density at radius 2 is 1.92 bits per heavy atom. The summed E-state index contributed by atoms with van der Waals surface area (Å²) in [6, 6.07) is 10.4. The van der Waals surface area contributed by atoms with Crippen LogP contribution in [0.3, 0.4) is 0 Å². The Morgan fingerprint density at radius 1 is 1.23 bits per heavy atom. The molecule has 0 N–H and O–H groups in total. The molecule has 0 unspecified atom stereocenters. The van der Waals surface area contributed by atoms with Crippen molar-refractivity contribution < 1.29 is 17.4 Å². The summed E-state index contributed by atoms with van der Waals surface area (Å²) in [7, 11) is -3.46. The van der Waals surface area contributed by atoms with Gasteiger partial charge in [-0.05, 0) is 39.2 Å². The second-order valence-corrected chi connectivity index (χ2v) is 9.95. The fourth-order valence-corrected chi connectivity index (χ4v) is 4.50. The van der Waals surface area contributed by atoms with Crippen LogP contribution in [0.1, 0.15) is 39.2 Å². The number of rotatable bonds is 5. The van der Waals surface area contributed by atoms with Crippen LogP contribution in [0.5, 0.6) is 0 Å². The van der Waals surface area contributed by atoms with E-state index in [0.29, 0.717) is 13.0 Å². The maximum absolute atomic E-state index is 11.6. The molecule has 26 heavy (non-hydrogen) atoms. The van der Waals surface area contributed by atoms with E-state index >= 15 is 0 Å². The molecule has 3 rings (SSSR count). The van der Waals surface area contributed by atoms with Crippen LogP contribution in [0.2, 0.25) is 0 Å². The Bertz CT molecular complexity index is 702. The molecule has 146 valence electrons. The molecule has 2 fully saturated rings. The van der Waals surface area contributed by atoms with Gasteiger partial charge in [-0.1, -0.05) is 30.3 Å².